The Bertz CT molecular complexity index is 685. The van der Waals surface area contributed by atoms with Crippen molar-refractivity contribution >= 4 is 5.97 Å². The number of hydrogen-bond acceptors (Lipinski definition) is 5. The van der Waals surface area contributed by atoms with Gasteiger partial charge in [-0.25, -0.2) is 4.79 Å². The molecular weight excluding hydrogens is 282 g/mol. The van der Waals surface area contributed by atoms with E-state index in [0.717, 1.165) is 17.7 Å². The van der Waals surface area contributed by atoms with Crippen molar-refractivity contribution in [1.29, 1.82) is 0 Å². The molecule has 22 heavy (non-hydrogen) atoms. The van der Waals surface area contributed by atoms with Gasteiger partial charge in [0.1, 0.15) is 12.7 Å². The predicted octanol–water partition coefficient (Wildman–Crippen LogP) is 2.77. The molecule has 0 spiro atoms. The van der Waals surface area contributed by atoms with E-state index in [1.165, 1.54) is 0 Å². The number of methoxy groups -OCH3 is 1. The summed E-state index contributed by atoms with van der Waals surface area (Å²) < 4.78 is 16.3. The average molecular weight is 299 g/mol. The van der Waals surface area contributed by atoms with E-state index in [2.05, 4.69) is 4.98 Å². The Kier molecular flexibility index (Phi) is 3.96. The molecule has 2 heterocycles. The molecule has 114 valence electrons. The van der Waals surface area contributed by atoms with Gasteiger partial charge < -0.3 is 14.2 Å². The lowest BCUT2D eigenvalue weighted by molar-refractivity contribution is 0.0467. The van der Waals surface area contributed by atoms with Crippen LogP contribution in [0.25, 0.3) is 0 Å². The number of esters is 1. The molecule has 5 nitrogen and oxygen atoms in total. The largest absolute Gasteiger partial charge is 0.493 e. The van der Waals surface area contributed by atoms with Gasteiger partial charge in [-0.1, -0.05) is 6.07 Å². The van der Waals surface area contributed by atoms with Crippen LogP contribution in [0.15, 0.2) is 36.5 Å². The zero-order chi connectivity index (χ0) is 15.5. The molecule has 0 aliphatic carbocycles. The fourth-order valence-corrected chi connectivity index (χ4v) is 2.47. The van der Waals surface area contributed by atoms with Gasteiger partial charge in [-0.3, -0.25) is 4.98 Å². The normalized spacial score (nSPS) is 15.8. The van der Waals surface area contributed by atoms with E-state index in [9.17, 15) is 4.79 Å². The van der Waals surface area contributed by atoms with Gasteiger partial charge in [0.25, 0.3) is 0 Å². The van der Waals surface area contributed by atoms with Crippen LogP contribution in [-0.4, -0.2) is 24.2 Å². The number of pyridine rings is 1. The van der Waals surface area contributed by atoms with Crippen LogP contribution in [0.4, 0.5) is 0 Å². The molecule has 0 saturated carbocycles. The monoisotopic (exact) mass is 299 g/mol. The lowest BCUT2D eigenvalue weighted by Crippen LogP contribution is -2.07. The third-order valence-electron chi connectivity index (χ3n) is 3.49. The van der Waals surface area contributed by atoms with E-state index >= 15 is 0 Å². The van der Waals surface area contributed by atoms with E-state index in [-0.39, 0.29) is 12.7 Å². The van der Waals surface area contributed by atoms with Crippen molar-refractivity contribution in [2.75, 3.05) is 7.11 Å². The van der Waals surface area contributed by atoms with Gasteiger partial charge in [0.05, 0.1) is 18.4 Å². The average Bonchev–Trinajstić information content (AvgIpc) is 2.92. The summed E-state index contributed by atoms with van der Waals surface area (Å²) in [6.07, 6.45) is 2.51. The molecule has 1 aromatic carbocycles. The second-order valence-corrected chi connectivity index (χ2v) is 5.20. The van der Waals surface area contributed by atoms with Crippen LogP contribution in [0.3, 0.4) is 0 Å². The second-order valence-electron chi connectivity index (χ2n) is 5.20. The number of carbonyl (C=O) groups is 1. The minimum atomic E-state index is -0.397. The third kappa shape index (κ3) is 2.88. The van der Waals surface area contributed by atoms with Gasteiger partial charge >= 0.3 is 5.97 Å². The minimum absolute atomic E-state index is 0.0867. The standard InChI is InChI=1S/C17H17NO4/c1-11-7-12-8-13(9-15(20-2)16(12)22-11)17(19)21-10-14-5-3-4-6-18-14/h3-6,8-9,11H,7,10H2,1-2H3. The van der Waals surface area contributed by atoms with Gasteiger partial charge in [0.2, 0.25) is 0 Å². The highest BCUT2D eigenvalue weighted by molar-refractivity contribution is 5.90. The van der Waals surface area contributed by atoms with Gasteiger partial charge in [-0.05, 0) is 31.2 Å². The molecule has 0 N–H and O–H groups in total. The van der Waals surface area contributed by atoms with Crippen LogP contribution >= 0.6 is 0 Å². The molecule has 0 bridgehead atoms. The van der Waals surface area contributed by atoms with Crippen LogP contribution in [0, 0.1) is 0 Å². The van der Waals surface area contributed by atoms with Crippen molar-refractivity contribution in [1.82, 2.24) is 4.98 Å². The molecule has 0 radical (unpaired) electrons. The third-order valence-corrected chi connectivity index (χ3v) is 3.49. The maximum atomic E-state index is 12.2. The molecule has 5 heteroatoms. The van der Waals surface area contributed by atoms with Crippen molar-refractivity contribution < 1.29 is 19.0 Å². The Hall–Kier alpha value is -2.56. The topological polar surface area (TPSA) is 57.7 Å². The van der Waals surface area contributed by atoms with Gasteiger partial charge in [0.15, 0.2) is 11.5 Å². The second kappa shape index (κ2) is 6.05. The van der Waals surface area contributed by atoms with Crippen molar-refractivity contribution in [3.63, 3.8) is 0 Å². The summed E-state index contributed by atoms with van der Waals surface area (Å²) in [6.45, 7) is 2.13. The van der Waals surface area contributed by atoms with Crippen molar-refractivity contribution in [3.8, 4) is 11.5 Å². The van der Waals surface area contributed by atoms with Gasteiger partial charge in [0, 0.05) is 18.2 Å². The van der Waals surface area contributed by atoms with E-state index in [1.807, 2.05) is 31.2 Å². The molecular formula is C17H17NO4. The maximum absolute atomic E-state index is 12.2. The van der Waals surface area contributed by atoms with Crippen LogP contribution in [0.2, 0.25) is 0 Å². The number of aromatic nitrogens is 1. The molecule has 1 atom stereocenters. The molecule has 1 aliphatic rings. The van der Waals surface area contributed by atoms with E-state index in [1.54, 1.807) is 19.4 Å². The van der Waals surface area contributed by atoms with Crippen LogP contribution < -0.4 is 9.47 Å². The first kappa shape index (κ1) is 14.4. The summed E-state index contributed by atoms with van der Waals surface area (Å²) in [7, 11) is 1.56. The minimum Gasteiger partial charge on any atom is -0.493 e. The SMILES string of the molecule is COc1cc(C(=O)OCc2ccccn2)cc2c1OC(C)C2. The van der Waals surface area contributed by atoms with Gasteiger partial charge in [-0.15, -0.1) is 0 Å². The Balaban J connectivity index is 1.77. The number of benzene rings is 1. The molecule has 2 aromatic rings. The zero-order valence-corrected chi connectivity index (χ0v) is 12.5. The smallest absolute Gasteiger partial charge is 0.338 e. The summed E-state index contributed by atoms with van der Waals surface area (Å²) in [5.74, 6) is 0.884. The highest BCUT2D eigenvalue weighted by Crippen LogP contribution is 2.39. The molecule has 1 aliphatic heterocycles. The van der Waals surface area contributed by atoms with E-state index in [4.69, 9.17) is 14.2 Å². The number of nitrogens with zero attached hydrogens (tertiary/aromatic N) is 1. The lowest BCUT2D eigenvalue weighted by atomic mass is 10.1. The van der Waals surface area contributed by atoms with E-state index < -0.39 is 5.97 Å². The molecule has 0 fully saturated rings. The van der Waals surface area contributed by atoms with Crippen molar-refractivity contribution in [2.24, 2.45) is 0 Å². The molecule has 1 unspecified atom stereocenters. The fraction of sp³-hybridized carbons (Fsp3) is 0.294. The quantitative estimate of drug-likeness (QED) is 0.813. The fourth-order valence-electron chi connectivity index (χ4n) is 2.47. The molecule has 0 saturated heterocycles. The Morgan fingerprint density at radius 3 is 3.00 bits per heavy atom. The Labute approximate surface area is 128 Å². The van der Waals surface area contributed by atoms with Crippen LogP contribution in [0.1, 0.15) is 28.5 Å². The first-order valence-corrected chi connectivity index (χ1v) is 7.12. The molecule has 0 amide bonds. The van der Waals surface area contributed by atoms with Crippen molar-refractivity contribution in [3.05, 3.63) is 53.3 Å². The summed E-state index contributed by atoms with van der Waals surface area (Å²) in [5, 5.41) is 0. The number of carbonyl (C=O) groups excluding carboxylic acids is 1. The Morgan fingerprint density at radius 1 is 1.41 bits per heavy atom. The number of ether oxygens (including phenoxy) is 3. The predicted molar refractivity (Wildman–Crippen MR) is 80.1 cm³/mol. The number of rotatable bonds is 4. The summed E-state index contributed by atoms with van der Waals surface area (Å²) in [5.41, 5.74) is 2.14. The summed E-state index contributed by atoms with van der Waals surface area (Å²) in [4.78, 5) is 16.3. The number of hydrogen-bond donors (Lipinski definition) is 0. The first-order chi connectivity index (χ1) is 10.7. The molecule has 3 rings (SSSR count). The molecule has 1 aromatic heterocycles. The van der Waals surface area contributed by atoms with Gasteiger partial charge in [-0.2, -0.15) is 0 Å². The van der Waals surface area contributed by atoms with Crippen molar-refractivity contribution in [2.45, 2.75) is 26.1 Å². The van der Waals surface area contributed by atoms with Crippen LogP contribution in [-0.2, 0) is 17.8 Å². The Morgan fingerprint density at radius 2 is 2.27 bits per heavy atom. The van der Waals surface area contributed by atoms with Crippen LogP contribution in [0.5, 0.6) is 11.5 Å². The zero-order valence-electron chi connectivity index (χ0n) is 12.5. The maximum Gasteiger partial charge on any atom is 0.338 e. The first-order valence-electron chi connectivity index (χ1n) is 7.12. The highest BCUT2D eigenvalue weighted by atomic mass is 16.5. The van der Waals surface area contributed by atoms with E-state index in [0.29, 0.717) is 17.0 Å². The highest BCUT2D eigenvalue weighted by Gasteiger charge is 2.25. The summed E-state index contributed by atoms with van der Waals surface area (Å²) in [6, 6.07) is 8.94. The number of fused-ring (bicyclic) bond motifs is 1. The summed E-state index contributed by atoms with van der Waals surface area (Å²) >= 11 is 0. The lowest BCUT2D eigenvalue weighted by Gasteiger charge is -2.10.